The molecule has 2 atom stereocenters. The summed E-state index contributed by atoms with van der Waals surface area (Å²) in [7, 11) is 1.45. The number of benzene rings is 5. The molecule has 0 saturated heterocycles. The van der Waals surface area contributed by atoms with Crippen molar-refractivity contribution in [3.8, 4) is 0 Å². The summed E-state index contributed by atoms with van der Waals surface area (Å²) in [6, 6.07) is 11.3. The van der Waals surface area contributed by atoms with E-state index in [1.165, 1.54) is 50.4 Å². The molecule has 18 heteroatoms. The maximum Gasteiger partial charge on any atom is 0.331 e. The molecule has 5 aromatic carbocycles. The van der Waals surface area contributed by atoms with Crippen LogP contribution in [-0.4, -0.2) is 58.6 Å². The van der Waals surface area contributed by atoms with Crippen molar-refractivity contribution in [2.24, 2.45) is 11.5 Å². The molecule has 0 bridgehead atoms. The molecule has 73 heavy (non-hydrogen) atoms. The minimum atomic E-state index is -1.05. The first-order chi connectivity index (χ1) is 34.3. The Hall–Kier alpha value is -7.41. The number of nitrogens with zero attached hydrogens (tertiary/aromatic N) is 1. The van der Waals surface area contributed by atoms with Gasteiger partial charge in [0.15, 0.2) is 64.0 Å². The molecule has 0 aliphatic heterocycles. The van der Waals surface area contributed by atoms with Crippen LogP contribution in [-0.2, 0) is 46.5 Å². The number of carbonyl (C=O) groups is 3. The van der Waals surface area contributed by atoms with Crippen molar-refractivity contribution in [2.75, 3.05) is 13.8 Å². The number of rotatable bonds is 6. The Morgan fingerprint density at radius 1 is 0.466 bits per heavy atom. The molecule has 1 amide bonds. The van der Waals surface area contributed by atoms with Gasteiger partial charge in [0, 0.05) is 49.5 Å². The van der Waals surface area contributed by atoms with E-state index in [9.17, 15) is 58.3 Å². The molecule has 0 spiro atoms. The van der Waals surface area contributed by atoms with Crippen LogP contribution in [0, 0.1) is 58.2 Å². The van der Waals surface area contributed by atoms with E-state index in [0.29, 0.717) is 63.8 Å². The van der Waals surface area contributed by atoms with E-state index in [2.05, 4.69) is 0 Å². The van der Waals surface area contributed by atoms with Crippen molar-refractivity contribution in [1.29, 1.82) is 0 Å². The zero-order chi connectivity index (χ0) is 53.7. The zero-order valence-corrected chi connectivity index (χ0v) is 39.6. The number of hydrogen-bond donors (Lipinski definition) is 4. The second-order valence-electron chi connectivity index (χ2n) is 17.7. The number of fused-ring (bicyclic) bond motifs is 5. The number of halogens is 10. The maximum atomic E-state index is 13.0. The molecule has 0 heterocycles. The van der Waals surface area contributed by atoms with E-state index in [1.807, 2.05) is 26.0 Å². The highest BCUT2D eigenvalue weighted by Gasteiger charge is 2.24. The van der Waals surface area contributed by atoms with Crippen molar-refractivity contribution < 1.29 is 68.5 Å². The highest BCUT2D eigenvalue weighted by atomic mass is 19.2. The molecule has 5 aliphatic carbocycles. The number of carboxylic acids is 1. The van der Waals surface area contributed by atoms with Gasteiger partial charge in [-0.15, -0.1) is 0 Å². The summed E-state index contributed by atoms with van der Waals surface area (Å²) < 4.78 is 129. The Morgan fingerprint density at radius 2 is 0.726 bits per heavy atom. The van der Waals surface area contributed by atoms with Crippen LogP contribution in [0.4, 0.5) is 43.9 Å². The van der Waals surface area contributed by atoms with Crippen LogP contribution in [0.5, 0.6) is 0 Å². The molecule has 0 fully saturated rings. The number of carboxylic acid groups (broad SMARTS) is 1. The lowest BCUT2D eigenvalue weighted by atomic mass is 10.1. The predicted molar refractivity (Wildman–Crippen MR) is 256 cm³/mol. The molecule has 6 N–H and O–H groups in total. The van der Waals surface area contributed by atoms with E-state index in [1.54, 1.807) is 6.08 Å². The molecule has 0 saturated carbocycles. The molecule has 2 unspecified atom stereocenters. The predicted octanol–water partition coefficient (Wildman–Crippen LogP) is 10.3. The van der Waals surface area contributed by atoms with Gasteiger partial charge in [0.25, 0.3) is 5.91 Å². The molecular formula is C55H47F10N3O5. The SMILES string of the molecule is CC(=O)C1=Cc2cc(F)c(F)cc2C1.CC(N)C1=Cc2cc(F)c(F)cc2C1.CC(N)C1=Cc2cc(F)c(F)cc2C1.CN(CO)C(=O)C1=Cc2cc(F)c(F)cc2C1.O=C(O)C1=Cc2cc(F)c(F)cc2C1. The Balaban J connectivity index is 0.000000149. The molecular weight excluding hydrogens is 973 g/mol. The summed E-state index contributed by atoms with van der Waals surface area (Å²) in [5.74, 6) is -10.1. The fourth-order valence-corrected chi connectivity index (χ4v) is 8.12. The average molecular weight is 1020 g/mol. The second kappa shape index (κ2) is 23.0. The van der Waals surface area contributed by atoms with Crippen LogP contribution in [0.15, 0.2) is 88.5 Å². The van der Waals surface area contributed by atoms with Gasteiger partial charge in [0.1, 0.15) is 6.73 Å². The van der Waals surface area contributed by atoms with Gasteiger partial charge in [0.05, 0.1) is 0 Å². The fraction of sp³-hybridized carbons (Fsp3) is 0.218. The Kier molecular flexibility index (Phi) is 17.3. The van der Waals surface area contributed by atoms with Crippen molar-refractivity contribution >= 4 is 48.0 Å². The van der Waals surface area contributed by atoms with Gasteiger partial charge >= 0.3 is 5.97 Å². The van der Waals surface area contributed by atoms with Crippen molar-refractivity contribution in [3.63, 3.8) is 0 Å². The number of nitrogens with two attached hydrogens (primary N) is 2. The number of Topliss-reactive ketones (excluding diaryl/α,β-unsaturated/α-hetero) is 1. The first-order valence-electron chi connectivity index (χ1n) is 22.4. The number of amides is 1. The quantitative estimate of drug-likeness (QED) is 0.0978. The molecule has 0 aromatic heterocycles. The first-order valence-corrected chi connectivity index (χ1v) is 22.4. The van der Waals surface area contributed by atoms with Gasteiger partial charge in [-0.1, -0.05) is 12.2 Å². The average Bonchev–Trinajstić information content (AvgIpc) is 4.18. The van der Waals surface area contributed by atoms with Crippen LogP contribution >= 0.6 is 0 Å². The Morgan fingerprint density at radius 3 is 1.03 bits per heavy atom. The minimum absolute atomic E-state index is 0.0537. The number of ketones is 1. The standard InChI is InChI=1S/C12H11F2NO2.2C11H11F2N.C11H8F2O.C10H6F2O2/c1-15(6-16)12(17)9-2-7-4-10(13)11(14)5-8(7)3-9;3*1-6(14)7-2-8-4-10(12)11(13)5-9(8)3-7;11-8-3-5-1-7(10(13)14)2-6(5)4-9(8)12/h2,4-5,16H,3,6H2,1H3;2*2,4-6H,3,14H2,1H3;2,4-5H,3H2,1H3;1,3-4H,2H2,(H,13,14). The highest BCUT2D eigenvalue weighted by molar-refractivity contribution is 6.01. The molecule has 0 radical (unpaired) electrons. The molecule has 10 rings (SSSR count). The molecule has 382 valence electrons. The third-order valence-corrected chi connectivity index (χ3v) is 12.2. The summed E-state index contributed by atoms with van der Waals surface area (Å²) in [6.07, 6.45) is 10.2. The topological polar surface area (TPSA) is 147 Å². The lowest BCUT2D eigenvalue weighted by Crippen LogP contribution is -2.28. The summed E-state index contributed by atoms with van der Waals surface area (Å²) in [5, 5.41) is 17.5. The van der Waals surface area contributed by atoms with Gasteiger partial charge < -0.3 is 26.6 Å². The van der Waals surface area contributed by atoms with Gasteiger partial charge in [0.2, 0.25) is 0 Å². The zero-order valence-electron chi connectivity index (χ0n) is 39.6. The first kappa shape index (κ1) is 54.9. The third kappa shape index (κ3) is 13.2. The smallest absolute Gasteiger partial charge is 0.331 e. The third-order valence-electron chi connectivity index (χ3n) is 12.2. The summed E-state index contributed by atoms with van der Waals surface area (Å²) >= 11 is 0. The van der Waals surface area contributed by atoms with E-state index in [-0.39, 0.29) is 42.2 Å². The fourth-order valence-electron chi connectivity index (χ4n) is 8.12. The number of hydrogen-bond acceptors (Lipinski definition) is 6. The van der Waals surface area contributed by atoms with Crippen LogP contribution < -0.4 is 11.5 Å². The van der Waals surface area contributed by atoms with Crippen LogP contribution in [0.25, 0.3) is 30.4 Å². The molecule has 8 nitrogen and oxygen atoms in total. The second-order valence-corrected chi connectivity index (χ2v) is 17.7. The van der Waals surface area contributed by atoms with Gasteiger partial charge in [-0.05, 0) is 185 Å². The number of aliphatic hydroxyl groups excluding tert-OH is 1. The van der Waals surface area contributed by atoms with E-state index in [0.717, 1.165) is 74.7 Å². The highest BCUT2D eigenvalue weighted by Crippen LogP contribution is 2.32. The maximum absolute atomic E-state index is 13.0. The number of allylic oxidation sites excluding steroid dienone is 1. The number of aliphatic hydroxyl groups is 1. The minimum Gasteiger partial charge on any atom is -0.478 e. The van der Waals surface area contributed by atoms with Gasteiger partial charge in [-0.3, -0.25) is 9.59 Å². The van der Waals surface area contributed by atoms with Crippen molar-refractivity contribution in [2.45, 2.75) is 65.0 Å². The largest absolute Gasteiger partial charge is 0.478 e. The number of likely N-dealkylation sites (N-methyl/N-ethyl adjacent to an activating group) is 1. The lowest BCUT2D eigenvalue weighted by molar-refractivity contribution is -0.132. The lowest BCUT2D eigenvalue weighted by Gasteiger charge is -2.13. The van der Waals surface area contributed by atoms with Crippen LogP contribution in [0.2, 0.25) is 0 Å². The van der Waals surface area contributed by atoms with E-state index >= 15 is 0 Å². The van der Waals surface area contributed by atoms with Crippen molar-refractivity contribution in [1.82, 2.24) is 4.90 Å². The monoisotopic (exact) mass is 1020 g/mol. The normalized spacial score (nSPS) is 14.7. The number of carbonyl (C=O) groups excluding carboxylic acids is 2. The Bertz CT molecular complexity index is 3050. The van der Waals surface area contributed by atoms with Crippen molar-refractivity contribution in [3.05, 3.63) is 202 Å². The number of aliphatic carboxylic acids is 1. The van der Waals surface area contributed by atoms with Crippen LogP contribution in [0.1, 0.15) is 76.4 Å². The summed E-state index contributed by atoms with van der Waals surface area (Å²) in [6.45, 7) is 4.79. The molecule has 5 aromatic rings. The van der Waals surface area contributed by atoms with E-state index < -0.39 is 70.9 Å². The van der Waals surface area contributed by atoms with Gasteiger partial charge in [-0.25, -0.2) is 48.7 Å². The van der Waals surface area contributed by atoms with Gasteiger partial charge in [-0.2, -0.15) is 0 Å². The molecule has 5 aliphatic rings. The van der Waals surface area contributed by atoms with Crippen LogP contribution in [0.3, 0.4) is 0 Å². The Labute approximate surface area is 412 Å². The van der Waals surface area contributed by atoms with E-state index in [4.69, 9.17) is 21.7 Å². The summed E-state index contributed by atoms with van der Waals surface area (Å²) in [5.41, 5.74) is 21.1. The summed E-state index contributed by atoms with van der Waals surface area (Å²) in [4.78, 5) is 34.5.